The van der Waals surface area contributed by atoms with Gasteiger partial charge in [-0.2, -0.15) is 13.2 Å². The number of hydrogen-bond acceptors (Lipinski definition) is 5. The summed E-state index contributed by atoms with van der Waals surface area (Å²) in [7, 11) is -3.69. The maximum absolute atomic E-state index is 14.8. The molecule has 0 aromatic heterocycles. The fourth-order valence-electron chi connectivity index (χ4n) is 4.94. The van der Waals surface area contributed by atoms with Crippen LogP contribution in [0.4, 0.5) is 22.0 Å². The van der Waals surface area contributed by atoms with Gasteiger partial charge in [-0.15, -0.1) is 0 Å². The van der Waals surface area contributed by atoms with Crippen LogP contribution in [0.2, 0.25) is 0 Å². The van der Waals surface area contributed by atoms with Crippen LogP contribution in [0.5, 0.6) is 0 Å². The zero-order valence-electron chi connectivity index (χ0n) is 21.1. The molecule has 212 valence electrons. The molecule has 0 unspecified atom stereocenters. The van der Waals surface area contributed by atoms with E-state index in [0.29, 0.717) is 18.9 Å². The minimum atomic E-state index is -5.09. The summed E-state index contributed by atoms with van der Waals surface area (Å²) < 4.78 is 92.2. The number of hydrogen-bond donors (Lipinski definition) is 2. The van der Waals surface area contributed by atoms with E-state index in [1.54, 1.807) is 6.92 Å². The first-order valence-electron chi connectivity index (χ1n) is 12.2. The normalized spacial score (nSPS) is 20.7. The van der Waals surface area contributed by atoms with Crippen LogP contribution in [0.25, 0.3) is 0 Å². The molecular formula is C26H27F5N2O5S. The summed E-state index contributed by atoms with van der Waals surface area (Å²) in [5.74, 6) is -4.83. The molecule has 13 heteroatoms. The summed E-state index contributed by atoms with van der Waals surface area (Å²) in [6.45, 7) is 1.35. The van der Waals surface area contributed by atoms with E-state index >= 15 is 0 Å². The molecule has 2 N–H and O–H groups in total. The molecule has 2 aromatic rings. The molecule has 1 saturated carbocycles. The van der Waals surface area contributed by atoms with Crippen LogP contribution in [0, 0.1) is 23.5 Å². The zero-order valence-corrected chi connectivity index (χ0v) is 21.9. The molecule has 1 heterocycles. The third-order valence-corrected chi connectivity index (χ3v) is 8.21. The number of aliphatic hydroxyl groups is 1. The SMILES string of the molecule is C[C@@H]1C[C@H](C(=O)N[C@@H](c2cc(F)c(C(F)(F)F)cc2F)C2CC2)N(C(=O)c2cc(S(C)(=O)=O)ccc2CO)C1. The molecule has 0 radical (unpaired) electrons. The van der Waals surface area contributed by atoms with E-state index < -0.39 is 69.3 Å². The number of sulfone groups is 1. The van der Waals surface area contributed by atoms with Gasteiger partial charge in [-0.1, -0.05) is 13.0 Å². The summed E-state index contributed by atoms with van der Waals surface area (Å²) in [5.41, 5.74) is -2.10. The molecule has 39 heavy (non-hydrogen) atoms. The molecule has 2 aliphatic rings. The van der Waals surface area contributed by atoms with Gasteiger partial charge >= 0.3 is 6.18 Å². The molecule has 2 amide bonds. The first kappa shape index (κ1) is 28.9. The van der Waals surface area contributed by atoms with Gasteiger partial charge in [0.05, 0.1) is 23.1 Å². The summed E-state index contributed by atoms with van der Waals surface area (Å²) >= 11 is 0. The van der Waals surface area contributed by atoms with Crippen molar-refractivity contribution in [3.05, 3.63) is 64.2 Å². The van der Waals surface area contributed by atoms with Crippen molar-refractivity contribution in [2.75, 3.05) is 12.8 Å². The molecular weight excluding hydrogens is 547 g/mol. The minimum absolute atomic E-state index is 0.0743. The number of aliphatic hydroxyl groups excluding tert-OH is 1. The van der Waals surface area contributed by atoms with E-state index in [1.807, 2.05) is 0 Å². The van der Waals surface area contributed by atoms with Gasteiger partial charge in [-0.25, -0.2) is 17.2 Å². The number of carbonyl (C=O) groups is 2. The Morgan fingerprint density at radius 1 is 1.13 bits per heavy atom. The van der Waals surface area contributed by atoms with Crippen LogP contribution in [0.3, 0.4) is 0 Å². The molecule has 2 fully saturated rings. The van der Waals surface area contributed by atoms with Crippen LogP contribution >= 0.6 is 0 Å². The molecule has 4 rings (SSSR count). The highest BCUT2D eigenvalue weighted by atomic mass is 32.2. The van der Waals surface area contributed by atoms with E-state index in [4.69, 9.17) is 0 Å². The lowest BCUT2D eigenvalue weighted by Gasteiger charge is -2.28. The number of amides is 2. The highest BCUT2D eigenvalue weighted by molar-refractivity contribution is 7.90. The van der Waals surface area contributed by atoms with Crippen LogP contribution in [-0.2, 0) is 27.4 Å². The number of nitrogens with zero attached hydrogens (tertiary/aromatic N) is 1. The zero-order chi connectivity index (χ0) is 28.9. The standard InChI is InChI=1S/C26H27F5N2O5S/c1-13-7-22(33(11-13)25(36)17-8-16(39(2,37)38)6-5-15(17)12-34)24(35)32-23(14-3-4-14)18-9-21(28)19(10-20(18)27)26(29,30)31/h5-6,8-10,13-14,22-23,34H,3-4,7,11-12H2,1-2H3,(H,32,35)/t13-,22-,23-/m1/s1. The monoisotopic (exact) mass is 574 g/mol. The Hall–Kier alpha value is -3.06. The van der Waals surface area contributed by atoms with Crippen LogP contribution in [0.1, 0.15) is 59.3 Å². The van der Waals surface area contributed by atoms with Gasteiger partial charge in [0.2, 0.25) is 5.91 Å². The van der Waals surface area contributed by atoms with Crippen LogP contribution < -0.4 is 5.32 Å². The Morgan fingerprint density at radius 2 is 1.79 bits per heavy atom. The predicted octanol–water partition coefficient (Wildman–Crippen LogP) is 4.00. The lowest BCUT2D eigenvalue weighted by atomic mass is 9.98. The predicted molar refractivity (Wildman–Crippen MR) is 129 cm³/mol. The van der Waals surface area contributed by atoms with Gasteiger partial charge in [-0.3, -0.25) is 9.59 Å². The Kier molecular flexibility index (Phi) is 7.78. The van der Waals surface area contributed by atoms with Crippen LogP contribution in [-0.4, -0.2) is 49.1 Å². The smallest absolute Gasteiger partial charge is 0.392 e. The number of benzene rings is 2. The molecule has 3 atom stereocenters. The van der Waals surface area contributed by atoms with Gasteiger partial charge in [0, 0.05) is 23.9 Å². The van der Waals surface area contributed by atoms with Crippen molar-refractivity contribution in [3.63, 3.8) is 0 Å². The molecule has 2 aromatic carbocycles. The lowest BCUT2D eigenvalue weighted by molar-refractivity contribution is -0.140. The Labute approximate surface area is 221 Å². The number of rotatable bonds is 7. The van der Waals surface area contributed by atoms with Gasteiger partial charge in [0.15, 0.2) is 9.84 Å². The molecule has 1 saturated heterocycles. The van der Waals surface area contributed by atoms with Gasteiger partial charge in [0.25, 0.3) is 5.91 Å². The molecule has 1 aliphatic heterocycles. The maximum atomic E-state index is 14.8. The second kappa shape index (κ2) is 10.5. The van der Waals surface area contributed by atoms with Gasteiger partial charge in [-0.05, 0) is 60.9 Å². The third-order valence-electron chi connectivity index (χ3n) is 7.10. The van der Waals surface area contributed by atoms with E-state index in [0.717, 1.165) is 12.3 Å². The van der Waals surface area contributed by atoms with E-state index in [9.17, 15) is 45.1 Å². The van der Waals surface area contributed by atoms with E-state index in [-0.39, 0.29) is 46.9 Å². The minimum Gasteiger partial charge on any atom is -0.392 e. The first-order valence-corrected chi connectivity index (χ1v) is 14.1. The molecule has 0 spiro atoms. The van der Waals surface area contributed by atoms with Crippen molar-refractivity contribution in [3.8, 4) is 0 Å². The van der Waals surface area contributed by atoms with Crippen molar-refractivity contribution < 1.29 is 45.1 Å². The summed E-state index contributed by atoms with van der Waals surface area (Å²) in [6, 6.07) is 2.05. The van der Waals surface area contributed by atoms with Crippen molar-refractivity contribution in [1.82, 2.24) is 10.2 Å². The third kappa shape index (κ3) is 6.08. The number of carbonyl (C=O) groups excluding carboxylic acids is 2. The average Bonchev–Trinajstić information content (AvgIpc) is 3.62. The summed E-state index contributed by atoms with van der Waals surface area (Å²) in [6.07, 6.45) is -2.85. The Morgan fingerprint density at radius 3 is 2.36 bits per heavy atom. The second-order valence-electron chi connectivity index (χ2n) is 10.2. The molecule has 1 aliphatic carbocycles. The number of nitrogens with one attached hydrogen (secondary N) is 1. The number of halogens is 5. The van der Waals surface area contributed by atoms with Gasteiger partial charge in [0.1, 0.15) is 17.7 Å². The van der Waals surface area contributed by atoms with Crippen molar-refractivity contribution in [1.29, 1.82) is 0 Å². The number of alkyl halides is 3. The fraction of sp³-hybridized carbons (Fsp3) is 0.462. The highest BCUT2D eigenvalue weighted by Gasteiger charge is 2.43. The lowest BCUT2D eigenvalue weighted by Crippen LogP contribution is -2.47. The number of likely N-dealkylation sites (tertiary alicyclic amines) is 1. The Bertz CT molecular complexity index is 1410. The summed E-state index contributed by atoms with van der Waals surface area (Å²) in [4.78, 5) is 28.0. The van der Waals surface area contributed by atoms with Crippen molar-refractivity contribution >= 4 is 21.7 Å². The Balaban J connectivity index is 1.63. The average molecular weight is 575 g/mol. The van der Waals surface area contributed by atoms with E-state index in [1.165, 1.54) is 17.0 Å². The fourth-order valence-corrected chi connectivity index (χ4v) is 5.59. The van der Waals surface area contributed by atoms with Crippen molar-refractivity contribution in [2.45, 2.75) is 55.9 Å². The van der Waals surface area contributed by atoms with Crippen molar-refractivity contribution in [2.24, 2.45) is 11.8 Å². The molecule has 0 bridgehead atoms. The molecule has 7 nitrogen and oxygen atoms in total. The second-order valence-corrected chi connectivity index (χ2v) is 12.3. The topological polar surface area (TPSA) is 104 Å². The van der Waals surface area contributed by atoms with Crippen LogP contribution in [0.15, 0.2) is 35.2 Å². The maximum Gasteiger partial charge on any atom is 0.419 e. The first-order chi connectivity index (χ1) is 18.1. The quantitative estimate of drug-likeness (QED) is 0.487. The van der Waals surface area contributed by atoms with E-state index in [2.05, 4.69) is 5.32 Å². The largest absolute Gasteiger partial charge is 0.419 e. The highest BCUT2D eigenvalue weighted by Crippen LogP contribution is 2.43. The summed E-state index contributed by atoms with van der Waals surface area (Å²) in [5, 5.41) is 12.3. The van der Waals surface area contributed by atoms with Gasteiger partial charge < -0.3 is 15.3 Å².